The predicted octanol–water partition coefficient (Wildman–Crippen LogP) is 4.82. The Morgan fingerprint density at radius 2 is 1.90 bits per heavy atom. The van der Waals surface area contributed by atoms with Gasteiger partial charge in [-0.25, -0.2) is 0 Å². The molecule has 0 bridgehead atoms. The minimum Gasteiger partial charge on any atom is -0.481 e. The van der Waals surface area contributed by atoms with E-state index in [2.05, 4.69) is 21.2 Å². The second-order valence-corrected chi connectivity index (χ2v) is 6.01. The lowest BCUT2D eigenvalue weighted by molar-refractivity contribution is -0.122. The van der Waals surface area contributed by atoms with Gasteiger partial charge in [0.25, 0.3) is 5.91 Å². The van der Waals surface area contributed by atoms with E-state index < -0.39 is 6.10 Å². The predicted molar refractivity (Wildman–Crippen MR) is 89.1 cm³/mol. The number of nitrogens with one attached hydrogen (secondary N) is 1. The maximum absolute atomic E-state index is 12.1. The summed E-state index contributed by atoms with van der Waals surface area (Å²) in [7, 11) is 0. The minimum atomic E-state index is -0.596. The molecule has 2 aromatic rings. The lowest BCUT2D eigenvalue weighted by Crippen LogP contribution is -2.30. The molecule has 0 fully saturated rings. The summed E-state index contributed by atoms with van der Waals surface area (Å²) in [5.74, 6) is 0.442. The first-order chi connectivity index (χ1) is 9.95. The van der Waals surface area contributed by atoms with Crippen LogP contribution < -0.4 is 10.1 Å². The number of ether oxygens (including phenoxy) is 1. The van der Waals surface area contributed by atoms with Crippen molar-refractivity contribution in [1.82, 2.24) is 0 Å². The number of amides is 1. The molecule has 0 saturated heterocycles. The number of benzene rings is 2. The van der Waals surface area contributed by atoms with Crippen molar-refractivity contribution in [2.45, 2.75) is 20.0 Å². The van der Waals surface area contributed by atoms with Crippen LogP contribution in [0.4, 0.5) is 5.69 Å². The van der Waals surface area contributed by atoms with Crippen molar-refractivity contribution in [2.75, 3.05) is 5.32 Å². The molecule has 1 N–H and O–H groups in total. The molecule has 2 rings (SSSR count). The van der Waals surface area contributed by atoms with Crippen molar-refractivity contribution < 1.29 is 9.53 Å². The van der Waals surface area contributed by atoms with Crippen LogP contribution in [0.5, 0.6) is 5.75 Å². The zero-order valence-corrected chi connectivity index (χ0v) is 14.0. The van der Waals surface area contributed by atoms with Gasteiger partial charge in [0.2, 0.25) is 0 Å². The number of carbonyl (C=O) groups is 1. The van der Waals surface area contributed by atoms with Crippen LogP contribution in [-0.4, -0.2) is 12.0 Å². The lowest BCUT2D eigenvalue weighted by atomic mass is 10.2. The molecule has 0 aliphatic heterocycles. The fourth-order valence-corrected chi connectivity index (χ4v) is 2.26. The van der Waals surface area contributed by atoms with Crippen molar-refractivity contribution >= 4 is 39.1 Å². The van der Waals surface area contributed by atoms with Gasteiger partial charge in [0.15, 0.2) is 6.10 Å². The summed E-state index contributed by atoms with van der Waals surface area (Å²) in [4.78, 5) is 12.1. The highest BCUT2D eigenvalue weighted by molar-refractivity contribution is 9.10. The number of aryl methyl sites for hydroxylation is 1. The highest BCUT2D eigenvalue weighted by Gasteiger charge is 2.15. The van der Waals surface area contributed by atoms with Crippen molar-refractivity contribution in [1.29, 1.82) is 0 Å². The van der Waals surface area contributed by atoms with Gasteiger partial charge in [-0.1, -0.05) is 27.5 Å². The number of carbonyl (C=O) groups excluding carboxylic acids is 1. The summed E-state index contributed by atoms with van der Waals surface area (Å²) in [6, 6.07) is 12.7. The maximum atomic E-state index is 12.1. The van der Waals surface area contributed by atoms with E-state index in [0.29, 0.717) is 10.8 Å². The Bertz CT molecular complexity index is 643. The molecule has 0 spiro atoms. The molecule has 0 aromatic heterocycles. The van der Waals surface area contributed by atoms with Crippen LogP contribution in [0, 0.1) is 6.92 Å². The molecule has 3 nitrogen and oxygen atoms in total. The maximum Gasteiger partial charge on any atom is 0.265 e. The zero-order valence-electron chi connectivity index (χ0n) is 11.7. The molecule has 21 heavy (non-hydrogen) atoms. The van der Waals surface area contributed by atoms with Crippen molar-refractivity contribution in [2.24, 2.45) is 0 Å². The molecular weight excluding hydrogens is 354 g/mol. The number of rotatable bonds is 4. The lowest BCUT2D eigenvalue weighted by Gasteiger charge is -2.16. The van der Waals surface area contributed by atoms with Gasteiger partial charge < -0.3 is 10.1 Å². The van der Waals surface area contributed by atoms with E-state index in [1.807, 2.05) is 19.1 Å². The minimum absolute atomic E-state index is 0.205. The van der Waals surface area contributed by atoms with Gasteiger partial charge in [-0.05, 0) is 61.9 Å². The van der Waals surface area contributed by atoms with E-state index in [1.165, 1.54) is 0 Å². The Morgan fingerprint density at radius 1 is 1.24 bits per heavy atom. The summed E-state index contributed by atoms with van der Waals surface area (Å²) in [6.45, 7) is 3.60. The van der Waals surface area contributed by atoms with E-state index in [0.717, 1.165) is 15.7 Å². The van der Waals surface area contributed by atoms with Gasteiger partial charge in [0, 0.05) is 15.2 Å². The van der Waals surface area contributed by atoms with E-state index in [9.17, 15) is 4.79 Å². The smallest absolute Gasteiger partial charge is 0.265 e. The molecule has 0 saturated carbocycles. The molecule has 1 atom stereocenters. The van der Waals surface area contributed by atoms with Crippen LogP contribution in [0.3, 0.4) is 0 Å². The van der Waals surface area contributed by atoms with E-state index in [-0.39, 0.29) is 5.91 Å². The third-order valence-electron chi connectivity index (χ3n) is 2.94. The Kier molecular flexibility index (Phi) is 5.26. The average molecular weight is 369 g/mol. The van der Waals surface area contributed by atoms with E-state index >= 15 is 0 Å². The first-order valence-corrected chi connectivity index (χ1v) is 7.62. The largest absolute Gasteiger partial charge is 0.481 e. The number of halogens is 2. The van der Waals surface area contributed by atoms with Crippen LogP contribution in [0.2, 0.25) is 5.02 Å². The molecule has 1 amide bonds. The van der Waals surface area contributed by atoms with Crippen LogP contribution in [-0.2, 0) is 4.79 Å². The first kappa shape index (κ1) is 15.9. The molecule has 2 aromatic carbocycles. The fourth-order valence-electron chi connectivity index (χ4n) is 1.77. The Hall–Kier alpha value is -1.52. The van der Waals surface area contributed by atoms with Gasteiger partial charge in [-0.2, -0.15) is 0 Å². The molecule has 0 radical (unpaired) electrons. The van der Waals surface area contributed by atoms with Crippen molar-refractivity contribution in [3.63, 3.8) is 0 Å². The number of hydrogen-bond acceptors (Lipinski definition) is 2. The summed E-state index contributed by atoms with van der Waals surface area (Å²) < 4.78 is 6.57. The topological polar surface area (TPSA) is 38.3 Å². The Labute approximate surface area is 137 Å². The summed E-state index contributed by atoms with van der Waals surface area (Å²) in [6.07, 6.45) is -0.596. The summed E-state index contributed by atoms with van der Waals surface area (Å²) in [5, 5.41) is 3.48. The van der Waals surface area contributed by atoms with Gasteiger partial charge in [0.1, 0.15) is 5.75 Å². The van der Waals surface area contributed by atoms with Crippen LogP contribution in [0.15, 0.2) is 46.9 Å². The van der Waals surface area contributed by atoms with Crippen molar-refractivity contribution in [3.05, 3.63) is 57.5 Å². The quantitative estimate of drug-likeness (QED) is 0.840. The van der Waals surface area contributed by atoms with Crippen molar-refractivity contribution in [3.8, 4) is 5.75 Å². The third kappa shape index (κ3) is 4.48. The molecular formula is C16H15BrClNO2. The van der Waals surface area contributed by atoms with Gasteiger partial charge in [0.05, 0.1) is 0 Å². The Balaban J connectivity index is 2.00. The van der Waals surface area contributed by atoms with Gasteiger partial charge in [-0.15, -0.1) is 0 Å². The number of anilines is 1. The van der Waals surface area contributed by atoms with E-state index in [4.69, 9.17) is 16.3 Å². The highest BCUT2D eigenvalue weighted by Crippen LogP contribution is 2.21. The standard InChI is InChI=1S/C16H15BrClNO2/c1-10-9-13(18)5-8-15(10)19-16(20)11(2)21-14-6-3-12(17)4-7-14/h3-9,11H,1-2H3,(H,19,20)/t11-/m0/s1. The summed E-state index contributed by atoms with van der Waals surface area (Å²) >= 11 is 9.25. The third-order valence-corrected chi connectivity index (χ3v) is 3.71. The zero-order chi connectivity index (χ0) is 15.4. The summed E-state index contributed by atoms with van der Waals surface area (Å²) in [5.41, 5.74) is 1.64. The molecule has 0 aliphatic rings. The molecule has 0 aliphatic carbocycles. The second kappa shape index (κ2) is 6.96. The van der Waals surface area contributed by atoms with Gasteiger partial charge >= 0.3 is 0 Å². The normalized spacial score (nSPS) is 11.8. The van der Waals surface area contributed by atoms with Crippen LogP contribution in [0.1, 0.15) is 12.5 Å². The molecule has 0 heterocycles. The Morgan fingerprint density at radius 3 is 2.52 bits per heavy atom. The van der Waals surface area contributed by atoms with E-state index in [1.54, 1.807) is 37.3 Å². The second-order valence-electron chi connectivity index (χ2n) is 4.66. The average Bonchev–Trinajstić information content (AvgIpc) is 2.44. The monoisotopic (exact) mass is 367 g/mol. The molecule has 0 unspecified atom stereocenters. The number of hydrogen-bond donors (Lipinski definition) is 1. The van der Waals surface area contributed by atoms with Crippen LogP contribution >= 0.6 is 27.5 Å². The fraction of sp³-hybridized carbons (Fsp3) is 0.188. The van der Waals surface area contributed by atoms with Gasteiger partial charge in [-0.3, -0.25) is 4.79 Å². The SMILES string of the molecule is Cc1cc(Cl)ccc1NC(=O)[C@H](C)Oc1ccc(Br)cc1. The first-order valence-electron chi connectivity index (χ1n) is 6.45. The molecule has 5 heteroatoms. The molecule has 110 valence electrons. The van der Waals surface area contributed by atoms with Crippen LogP contribution in [0.25, 0.3) is 0 Å². The highest BCUT2D eigenvalue weighted by atomic mass is 79.9.